The molecule has 11 heteroatoms. The molecule has 1 aliphatic heterocycles. The predicted molar refractivity (Wildman–Crippen MR) is 98.3 cm³/mol. The van der Waals surface area contributed by atoms with E-state index in [0.717, 1.165) is 17.0 Å². The molecular formula is C20H15F6N3O2. The number of aromatic amines is 1. The Hall–Kier alpha value is -3.24. The zero-order chi connectivity index (χ0) is 22.3. The average molecular weight is 443 g/mol. The maximum atomic E-state index is 14.8. The first-order valence-electron chi connectivity index (χ1n) is 9.22. The summed E-state index contributed by atoms with van der Waals surface area (Å²) < 4.78 is 85.9. The van der Waals surface area contributed by atoms with Crippen molar-refractivity contribution in [1.29, 1.82) is 0 Å². The highest BCUT2D eigenvalue weighted by molar-refractivity contribution is 6.04. The normalized spacial score (nSPS) is 18.8. The van der Waals surface area contributed by atoms with Crippen molar-refractivity contribution in [2.45, 2.75) is 25.3 Å². The molecule has 0 aliphatic carbocycles. The lowest BCUT2D eigenvalue weighted by atomic mass is 9.81. The first-order valence-corrected chi connectivity index (χ1v) is 9.22. The molecule has 0 bridgehead atoms. The Balaban J connectivity index is 1.69. The molecule has 5 nitrogen and oxygen atoms in total. The highest BCUT2D eigenvalue weighted by atomic mass is 19.3. The molecule has 1 aromatic heterocycles. The molecule has 4 rings (SSSR count). The number of benzene rings is 2. The summed E-state index contributed by atoms with van der Waals surface area (Å²) in [5.41, 5.74) is 0.491. The summed E-state index contributed by atoms with van der Waals surface area (Å²) in [6.07, 6.45) is -5.04. The molecule has 0 saturated carbocycles. The number of imidazole rings is 1. The number of halogens is 6. The zero-order valence-electron chi connectivity index (χ0n) is 15.7. The van der Waals surface area contributed by atoms with Gasteiger partial charge in [0, 0.05) is 29.8 Å². The minimum atomic E-state index is -3.15. The number of hydrogen-bond acceptors (Lipinski definition) is 3. The highest BCUT2D eigenvalue weighted by Gasteiger charge is 2.55. The SMILES string of the molecule is O=C1C(C(F)F)[C@H](c2c(F)cc(OCCC(F)F)cc2F)N1c1ccc2[nH]cnc2c1. The number of rotatable bonds is 7. The topological polar surface area (TPSA) is 58.2 Å². The van der Waals surface area contributed by atoms with Gasteiger partial charge in [-0.15, -0.1) is 0 Å². The van der Waals surface area contributed by atoms with Crippen molar-refractivity contribution in [2.24, 2.45) is 5.92 Å². The van der Waals surface area contributed by atoms with Crippen LogP contribution in [0.3, 0.4) is 0 Å². The molecule has 3 aromatic rings. The number of amides is 1. The van der Waals surface area contributed by atoms with Crippen LogP contribution in [-0.2, 0) is 4.79 Å². The minimum absolute atomic E-state index is 0.155. The van der Waals surface area contributed by atoms with E-state index in [2.05, 4.69) is 9.97 Å². The summed E-state index contributed by atoms with van der Waals surface area (Å²) in [4.78, 5) is 20.2. The van der Waals surface area contributed by atoms with Crippen LogP contribution < -0.4 is 9.64 Å². The van der Waals surface area contributed by atoms with Gasteiger partial charge in [-0.25, -0.2) is 31.3 Å². The number of ether oxygens (including phenoxy) is 1. The number of hydrogen-bond donors (Lipinski definition) is 1. The van der Waals surface area contributed by atoms with Crippen LogP contribution in [0, 0.1) is 17.6 Å². The number of aromatic nitrogens is 2. The van der Waals surface area contributed by atoms with Crippen LogP contribution >= 0.6 is 0 Å². The van der Waals surface area contributed by atoms with Gasteiger partial charge in [0.15, 0.2) is 0 Å². The Morgan fingerprint density at radius 3 is 2.45 bits per heavy atom. The largest absolute Gasteiger partial charge is 0.493 e. The maximum absolute atomic E-state index is 14.8. The Bertz CT molecular complexity index is 1100. The quantitative estimate of drug-likeness (QED) is 0.420. The molecule has 31 heavy (non-hydrogen) atoms. The molecule has 2 atom stereocenters. The fourth-order valence-corrected chi connectivity index (χ4v) is 3.62. The van der Waals surface area contributed by atoms with Crippen molar-refractivity contribution in [3.8, 4) is 5.75 Å². The van der Waals surface area contributed by atoms with E-state index in [9.17, 15) is 31.1 Å². The van der Waals surface area contributed by atoms with E-state index in [1.165, 1.54) is 18.5 Å². The van der Waals surface area contributed by atoms with Crippen LogP contribution in [0.4, 0.5) is 32.0 Å². The Kier molecular flexibility index (Phi) is 5.50. The lowest BCUT2D eigenvalue weighted by molar-refractivity contribution is -0.138. The molecule has 1 amide bonds. The monoisotopic (exact) mass is 443 g/mol. The predicted octanol–water partition coefficient (Wildman–Crippen LogP) is 4.84. The van der Waals surface area contributed by atoms with Gasteiger partial charge >= 0.3 is 0 Å². The molecule has 1 N–H and O–H groups in total. The van der Waals surface area contributed by atoms with Crippen LogP contribution in [0.1, 0.15) is 18.0 Å². The lowest BCUT2D eigenvalue weighted by Crippen LogP contribution is -2.58. The number of nitrogens with one attached hydrogen (secondary N) is 1. The standard InChI is InChI=1S/C20H15F6N3O2/c21-11-6-10(31-4-3-15(23)24)7-12(22)16(11)18-17(19(25)26)20(30)29(18)9-1-2-13-14(5-9)28-8-27-13/h1-2,5-8,15,17-19H,3-4H2,(H,27,28)/t17?,18-/m0/s1. The fraction of sp³-hybridized carbons (Fsp3) is 0.300. The molecule has 0 spiro atoms. The molecule has 164 valence electrons. The van der Waals surface area contributed by atoms with E-state index in [-0.39, 0.29) is 11.4 Å². The molecular weight excluding hydrogens is 428 g/mol. The maximum Gasteiger partial charge on any atom is 0.252 e. The van der Waals surface area contributed by atoms with Gasteiger partial charge in [-0.2, -0.15) is 0 Å². The number of H-pyrrole nitrogens is 1. The van der Waals surface area contributed by atoms with Crippen molar-refractivity contribution < 1.29 is 35.9 Å². The van der Waals surface area contributed by atoms with Crippen molar-refractivity contribution in [3.05, 3.63) is 53.9 Å². The van der Waals surface area contributed by atoms with E-state index in [1.807, 2.05) is 0 Å². The van der Waals surface area contributed by atoms with Crippen molar-refractivity contribution >= 4 is 22.6 Å². The summed E-state index contributed by atoms with van der Waals surface area (Å²) in [6, 6.07) is 4.30. The van der Waals surface area contributed by atoms with E-state index in [4.69, 9.17) is 4.74 Å². The smallest absolute Gasteiger partial charge is 0.252 e. The first-order chi connectivity index (χ1) is 14.8. The number of carbonyl (C=O) groups excluding carboxylic acids is 1. The summed E-state index contributed by atoms with van der Waals surface area (Å²) in [7, 11) is 0. The molecule has 1 aliphatic rings. The Labute approximate surface area is 171 Å². The third-order valence-electron chi connectivity index (χ3n) is 5.05. The zero-order valence-corrected chi connectivity index (χ0v) is 15.7. The average Bonchev–Trinajstić information content (AvgIpc) is 3.14. The van der Waals surface area contributed by atoms with Crippen LogP contribution in [0.2, 0.25) is 0 Å². The number of β-lactam (4-membered cyclic amide) rings is 1. The summed E-state index contributed by atoms with van der Waals surface area (Å²) >= 11 is 0. The van der Waals surface area contributed by atoms with Gasteiger partial charge in [0.2, 0.25) is 12.3 Å². The second kappa shape index (κ2) is 8.12. The number of carbonyl (C=O) groups is 1. The molecule has 1 saturated heterocycles. The number of anilines is 1. The van der Waals surface area contributed by atoms with Gasteiger partial charge in [-0.1, -0.05) is 0 Å². The minimum Gasteiger partial charge on any atom is -0.493 e. The second-order valence-corrected chi connectivity index (χ2v) is 6.95. The third-order valence-corrected chi connectivity index (χ3v) is 5.05. The van der Waals surface area contributed by atoms with Crippen LogP contribution in [-0.4, -0.2) is 35.3 Å². The Morgan fingerprint density at radius 2 is 1.81 bits per heavy atom. The Morgan fingerprint density at radius 1 is 1.10 bits per heavy atom. The number of fused-ring (bicyclic) bond motifs is 1. The molecule has 1 fully saturated rings. The molecule has 0 radical (unpaired) electrons. The van der Waals surface area contributed by atoms with Gasteiger partial charge in [-0.3, -0.25) is 4.79 Å². The van der Waals surface area contributed by atoms with Gasteiger partial charge in [-0.05, 0) is 18.2 Å². The molecule has 2 aromatic carbocycles. The van der Waals surface area contributed by atoms with Crippen LogP contribution in [0.5, 0.6) is 5.75 Å². The van der Waals surface area contributed by atoms with Crippen molar-refractivity contribution in [2.75, 3.05) is 11.5 Å². The molecule has 1 unspecified atom stereocenters. The number of nitrogens with zero attached hydrogens (tertiary/aromatic N) is 2. The number of alkyl halides is 4. The summed E-state index contributed by atoms with van der Waals surface area (Å²) in [5.74, 6) is -5.72. The fourth-order valence-electron chi connectivity index (χ4n) is 3.62. The van der Waals surface area contributed by atoms with Crippen LogP contribution in [0.25, 0.3) is 11.0 Å². The lowest BCUT2D eigenvalue weighted by Gasteiger charge is -2.47. The van der Waals surface area contributed by atoms with Crippen LogP contribution in [0.15, 0.2) is 36.7 Å². The van der Waals surface area contributed by atoms with E-state index in [0.29, 0.717) is 11.0 Å². The van der Waals surface area contributed by atoms with E-state index < -0.39 is 60.9 Å². The molecule has 2 heterocycles. The van der Waals surface area contributed by atoms with Gasteiger partial charge in [0.05, 0.1) is 30.0 Å². The van der Waals surface area contributed by atoms with Gasteiger partial charge < -0.3 is 14.6 Å². The van der Waals surface area contributed by atoms with Crippen molar-refractivity contribution in [1.82, 2.24) is 9.97 Å². The van der Waals surface area contributed by atoms with E-state index >= 15 is 0 Å². The second-order valence-electron chi connectivity index (χ2n) is 6.95. The highest BCUT2D eigenvalue weighted by Crippen LogP contribution is 2.48. The van der Waals surface area contributed by atoms with Crippen molar-refractivity contribution in [3.63, 3.8) is 0 Å². The first kappa shape index (κ1) is 21.0. The summed E-state index contributed by atoms with van der Waals surface area (Å²) in [5, 5.41) is 0. The van der Waals surface area contributed by atoms with Gasteiger partial charge in [0.25, 0.3) is 6.43 Å². The third kappa shape index (κ3) is 3.79. The summed E-state index contributed by atoms with van der Waals surface area (Å²) in [6.45, 7) is -0.479. The van der Waals surface area contributed by atoms with E-state index in [1.54, 1.807) is 6.07 Å². The van der Waals surface area contributed by atoms with Gasteiger partial charge in [0.1, 0.15) is 23.3 Å².